The van der Waals surface area contributed by atoms with Gasteiger partial charge in [-0.3, -0.25) is 4.79 Å². The first-order valence-corrected chi connectivity index (χ1v) is 9.94. The average molecular weight is 425 g/mol. The maximum atomic E-state index is 12.9. The minimum Gasteiger partial charge on any atom is -0.497 e. The zero-order valence-corrected chi connectivity index (χ0v) is 16.0. The van der Waals surface area contributed by atoms with Crippen molar-refractivity contribution in [3.63, 3.8) is 0 Å². The summed E-state index contributed by atoms with van der Waals surface area (Å²) in [4.78, 5) is 15.9. The fourth-order valence-electron chi connectivity index (χ4n) is 2.33. The van der Waals surface area contributed by atoms with Crippen molar-refractivity contribution in [2.45, 2.75) is 11.1 Å². The molecular weight excluding hydrogens is 411 g/mol. The number of amides is 1. The van der Waals surface area contributed by atoms with E-state index in [9.17, 15) is 22.2 Å². The molecule has 0 aliphatic heterocycles. The summed E-state index contributed by atoms with van der Waals surface area (Å²) in [5.41, 5.74) is 0.435. The zero-order chi connectivity index (χ0) is 21.2. The van der Waals surface area contributed by atoms with E-state index in [2.05, 4.69) is 19.0 Å². The predicted molar refractivity (Wildman–Crippen MR) is 96.8 cm³/mol. The highest BCUT2D eigenvalue weighted by Gasteiger charge is 2.38. The molecule has 11 heteroatoms. The molecule has 0 N–H and O–H groups in total. The number of rotatable bonds is 4. The lowest BCUT2D eigenvalue weighted by Crippen LogP contribution is -2.05. The zero-order valence-electron chi connectivity index (χ0n) is 15.1. The molecule has 0 aliphatic carbocycles. The van der Waals surface area contributed by atoms with Gasteiger partial charge in [-0.15, -0.1) is 0 Å². The summed E-state index contributed by atoms with van der Waals surface area (Å²) in [5, 5.41) is 3.28. The molecule has 1 aromatic heterocycles. The molecule has 0 radical (unpaired) electrons. The lowest BCUT2D eigenvalue weighted by atomic mass is 10.2. The number of carbonyl (C=O) groups excluding carboxylic acids is 1. The van der Waals surface area contributed by atoms with Crippen LogP contribution in [-0.4, -0.2) is 33.6 Å². The Hall–Kier alpha value is -3.21. The van der Waals surface area contributed by atoms with Crippen molar-refractivity contribution in [2.75, 3.05) is 13.4 Å². The van der Waals surface area contributed by atoms with E-state index in [4.69, 9.17) is 4.74 Å². The van der Waals surface area contributed by atoms with Crippen molar-refractivity contribution in [1.29, 1.82) is 0 Å². The minimum atomic E-state index is -4.75. The van der Waals surface area contributed by atoms with Gasteiger partial charge in [-0.05, 0) is 42.5 Å². The van der Waals surface area contributed by atoms with E-state index in [0.717, 1.165) is 0 Å². The van der Waals surface area contributed by atoms with Gasteiger partial charge in [0.2, 0.25) is 5.82 Å². The highest BCUT2D eigenvalue weighted by atomic mass is 32.2. The van der Waals surface area contributed by atoms with Crippen LogP contribution in [0.2, 0.25) is 0 Å². The SMILES string of the molecule is COc1cccc(C(=O)N=S(C)(=O)c2ccc(-c3noc(C(F)(F)F)n3)cc2)c1. The first-order chi connectivity index (χ1) is 13.6. The van der Waals surface area contributed by atoms with Crippen LogP contribution in [0.15, 0.2) is 62.3 Å². The monoisotopic (exact) mass is 425 g/mol. The molecule has 7 nitrogen and oxygen atoms in total. The second-order valence-electron chi connectivity index (χ2n) is 5.88. The topological polar surface area (TPSA) is 94.7 Å². The Labute approximate surface area is 163 Å². The van der Waals surface area contributed by atoms with Gasteiger partial charge in [0.1, 0.15) is 5.75 Å². The van der Waals surface area contributed by atoms with E-state index >= 15 is 0 Å². The number of benzene rings is 2. The smallest absolute Gasteiger partial charge is 0.471 e. The molecule has 29 heavy (non-hydrogen) atoms. The number of halogens is 3. The average Bonchev–Trinajstić information content (AvgIpc) is 3.18. The number of alkyl halides is 3. The molecule has 3 aromatic rings. The van der Waals surface area contributed by atoms with E-state index in [-0.39, 0.29) is 21.8 Å². The summed E-state index contributed by atoms with van der Waals surface area (Å²) in [6, 6.07) is 11.7. The van der Waals surface area contributed by atoms with E-state index in [0.29, 0.717) is 5.75 Å². The van der Waals surface area contributed by atoms with Crippen LogP contribution in [0.25, 0.3) is 11.4 Å². The van der Waals surface area contributed by atoms with Crippen molar-refractivity contribution in [1.82, 2.24) is 10.1 Å². The Balaban J connectivity index is 1.87. The van der Waals surface area contributed by atoms with E-state index in [1.807, 2.05) is 0 Å². The molecule has 2 aromatic carbocycles. The molecule has 1 heterocycles. The number of methoxy groups -OCH3 is 1. The third-order valence-electron chi connectivity index (χ3n) is 3.79. The predicted octanol–water partition coefficient (Wildman–Crippen LogP) is 4.06. The fourth-order valence-corrected chi connectivity index (χ4v) is 3.50. The lowest BCUT2D eigenvalue weighted by molar-refractivity contribution is -0.159. The van der Waals surface area contributed by atoms with Crippen LogP contribution < -0.4 is 4.74 Å². The quantitative estimate of drug-likeness (QED) is 0.626. The van der Waals surface area contributed by atoms with Gasteiger partial charge in [0.05, 0.1) is 16.8 Å². The Morgan fingerprint density at radius 3 is 2.45 bits per heavy atom. The molecule has 0 saturated carbocycles. The second kappa shape index (κ2) is 7.66. The van der Waals surface area contributed by atoms with Crippen molar-refractivity contribution in [3.05, 3.63) is 60.0 Å². The van der Waals surface area contributed by atoms with Gasteiger partial charge in [-0.1, -0.05) is 11.2 Å². The molecule has 0 fully saturated rings. The van der Waals surface area contributed by atoms with Gasteiger partial charge in [-0.25, -0.2) is 4.21 Å². The van der Waals surface area contributed by atoms with Crippen LogP contribution in [0.1, 0.15) is 16.2 Å². The van der Waals surface area contributed by atoms with Crippen LogP contribution in [0, 0.1) is 0 Å². The highest BCUT2D eigenvalue weighted by Crippen LogP contribution is 2.29. The number of ether oxygens (including phenoxy) is 1. The van der Waals surface area contributed by atoms with Crippen molar-refractivity contribution < 1.29 is 31.4 Å². The molecule has 3 rings (SSSR count). The molecule has 1 amide bonds. The van der Waals surface area contributed by atoms with Gasteiger partial charge in [0.15, 0.2) is 0 Å². The first-order valence-electron chi connectivity index (χ1n) is 8.02. The first kappa shape index (κ1) is 20.5. The maximum absolute atomic E-state index is 12.9. The van der Waals surface area contributed by atoms with Crippen molar-refractivity contribution >= 4 is 15.6 Å². The summed E-state index contributed by atoms with van der Waals surface area (Å²) in [6.07, 6.45) is -3.46. The summed E-state index contributed by atoms with van der Waals surface area (Å²) >= 11 is 0. The molecule has 0 saturated heterocycles. The molecular formula is C18H14F3N3O4S. The Morgan fingerprint density at radius 2 is 1.86 bits per heavy atom. The highest BCUT2D eigenvalue weighted by molar-refractivity contribution is 7.93. The Kier molecular flexibility index (Phi) is 5.42. The lowest BCUT2D eigenvalue weighted by Gasteiger charge is -2.06. The van der Waals surface area contributed by atoms with E-state index in [1.165, 1.54) is 49.8 Å². The Bertz CT molecular complexity index is 1160. The molecule has 152 valence electrons. The second-order valence-corrected chi connectivity index (χ2v) is 8.14. The minimum absolute atomic E-state index is 0.210. The van der Waals surface area contributed by atoms with Gasteiger partial charge < -0.3 is 9.26 Å². The third kappa shape index (κ3) is 4.62. The van der Waals surface area contributed by atoms with E-state index < -0.39 is 27.7 Å². The summed E-state index contributed by atoms with van der Waals surface area (Å²) in [7, 11) is -1.65. The summed E-state index contributed by atoms with van der Waals surface area (Å²) < 4.78 is 63.6. The normalized spacial score (nSPS) is 13.6. The summed E-state index contributed by atoms with van der Waals surface area (Å²) in [5.74, 6) is -1.96. The van der Waals surface area contributed by atoms with E-state index in [1.54, 1.807) is 12.1 Å². The molecule has 0 aliphatic rings. The number of hydrogen-bond donors (Lipinski definition) is 0. The molecule has 0 bridgehead atoms. The summed E-state index contributed by atoms with van der Waals surface area (Å²) in [6.45, 7) is 0. The van der Waals surface area contributed by atoms with Gasteiger partial charge in [0, 0.05) is 22.3 Å². The van der Waals surface area contributed by atoms with Crippen LogP contribution in [0.5, 0.6) is 5.75 Å². The van der Waals surface area contributed by atoms with Gasteiger partial charge in [-0.2, -0.15) is 22.5 Å². The fraction of sp³-hybridized carbons (Fsp3) is 0.167. The number of nitrogens with zero attached hydrogens (tertiary/aromatic N) is 3. The number of carbonyl (C=O) groups is 1. The molecule has 1 unspecified atom stereocenters. The number of aromatic nitrogens is 2. The number of hydrogen-bond acceptors (Lipinski definition) is 6. The Morgan fingerprint density at radius 1 is 1.17 bits per heavy atom. The van der Waals surface area contributed by atoms with Crippen LogP contribution in [0.4, 0.5) is 13.2 Å². The van der Waals surface area contributed by atoms with Gasteiger partial charge in [0.25, 0.3) is 5.91 Å². The third-order valence-corrected chi connectivity index (χ3v) is 5.45. The van der Waals surface area contributed by atoms with Crippen LogP contribution >= 0.6 is 0 Å². The maximum Gasteiger partial charge on any atom is 0.471 e. The largest absolute Gasteiger partial charge is 0.497 e. The standard InChI is InChI=1S/C18H14F3N3O4S/c1-27-13-5-3-4-12(10-13)16(25)24-29(2,26)14-8-6-11(7-9-14)15-22-17(28-23-15)18(19,20)21/h3-10H,1-2H3. The van der Waals surface area contributed by atoms with Crippen molar-refractivity contribution in [2.24, 2.45) is 4.36 Å². The van der Waals surface area contributed by atoms with Crippen LogP contribution in [0.3, 0.4) is 0 Å². The molecule has 0 spiro atoms. The molecule has 1 atom stereocenters. The van der Waals surface area contributed by atoms with Crippen molar-refractivity contribution in [3.8, 4) is 17.1 Å². The van der Waals surface area contributed by atoms with Crippen LogP contribution in [-0.2, 0) is 15.9 Å². The van der Waals surface area contributed by atoms with Gasteiger partial charge >= 0.3 is 12.1 Å².